The Balaban J connectivity index is 1.43. The molecule has 4 rings (SSSR count). The zero-order chi connectivity index (χ0) is 27.0. The van der Waals surface area contributed by atoms with Crippen LogP contribution in [0, 0.1) is 11.8 Å². The van der Waals surface area contributed by atoms with Crippen LogP contribution in [0.3, 0.4) is 0 Å². The van der Waals surface area contributed by atoms with Crippen molar-refractivity contribution in [2.75, 3.05) is 13.4 Å². The van der Waals surface area contributed by atoms with Crippen molar-refractivity contribution in [3.05, 3.63) is 65.2 Å². The highest BCUT2D eigenvalue weighted by Crippen LogP contribution is 2.47. The van der Waals surface area contributed by atoms with E-state index in [-0.39, 0.29) is 30.9 Å². The Morgan fingerprint density at radius 3 is 2.63 bits per heavy atom. The van der Waals surface area contributed by atoms with Crippen LogP contribution in [-0.4, -0.2) is 31.7 Å². The molecule has 0 saturated heterocycles. The first-order valence-electron chi connectivity index (χ1n) is 13.9. The van der Waals surface area contributed by atoms with Gasteiger partial charge in [-0.15, -0.1) is 0 Å². The number of ether oxygens (including phenoxy) is 4. The minimum Gasteiger partial charge on any atom is -0.457 e. The highest BCUT2D eigenvalue weighted by Gasteiger charge is 2.46. The number of nitrogens with one attached hydrogen (secondary N) is 1. The third-order valence-electron chi connectivity index (χ3n) is 7.91. The van der Waals surface area contributed by atoms with Gasteiger partial charge in [-0.2, -0.15) is 0 Å². The van der Waals surface area contributed by atoms with Gasteiger partial charge in [0.1, 0.15) is 12.4 Å². The SMILES string of the molecule is CC(C)CCOC(=O)OCOc1ccc2c(c1)[C@@]1(C)CCCCC[C@@H](C2)[C@@H]1NC(=O)OCc1ccccc1. The van der Waals surface area contributed by atoms with Crippen molar-refractivity contribution in [1.82, 2.24) is 5.32 Å². The summed E-state index contributed by atoms with van der Waals surface area (Å²) in [4.78, 5) is 24.8. The van der Waals surface area contributed by atoms with E-state index in [0.717, 1.165) is 37.7 Å². The molecule has 2 aliphatic carbocycles. The molecule has 206 valence electrons. The lowest BCUT2D eigenvalue weighted by atomic mass is 9.59. The Labute approximate surface area is 226 Å². The van der Waals surface area contributed by atoms with Gasteiger partial charge in [-0.1, -0.05) is 76.4 Å². The average molecular weight is 524 g/mol. The van der Waals surface area contributed by atoms with E-state index in [4.69, 9.17) is 18.9 Å². The first kappa shape index (κ1) is 27.8. The second kappa shape index (κ2) is 13.0. The number of carbonyl (C=O) groups is 2. The number of hydrogen-bond acceptors (Lipinski definition) is 6. The molecule has 0 radical (unpaired) electrons. The maximum Gasteiger partial charge on any atom is 0.511 e. The zero-order valence-electron chi connectivity index (χ0n) is 22.9. The van der Waals surface area contributed by atoms with E-state index in [1.54, 1.807) is 0 Å². The number of fused-ring (bicyclic) bond motifs is 4. The fourth-order valence-corrected chi connectivity index (χ4v) is 5.81. The fraction of sp³-hybridized carbons (Fsp3) is 0.548. The summed E-state index contributed by atoms with van der Waals surface area (Å²) in [6.07, 6.45) is 6.06. The minimum atomic E-state index is -0.725. The Bertz CT molecular complexity index is 1070. The van der Waals surface area contributed by atoms with Gasteiger partial charge >= 0.3 is 12.2 Å². The highest BCUT2D eigenvalue weighted by molar-refractivity contribution is 5.68. The predicted octanol–water partition coefficient (Wildman–Crippen LogP) is 6.91. The molecular formula is C31H41NO6. The van der Waals surface area contributed by atoms with Crippen molar-refractivity contribution < 1.29 is 28.5 Å². The van der Waals surface area contributed by atoms with Gasteiger partial charge < -0.3 is 24.3 Å². The van der Waals surface area contributed by atoms with Crippen LogP contribution in [0.15, 0.2) is 48.5 Å². The van der Waals surface area contributed by atoms with Gasteiger partial charge in [-0.3, -0.25) is 0 Å². The summed E-state index contributed by atoms with van der Waals surface area (Å²) in [7, 11) is 0. The van der Waals surface area contributed by atoms with Gasteiger partial charge in [0.15, 0.2) is 0 Å². The molecule has 2 aromatic rings. The normalized spacial score (nSPS) is 22.4. The zero-order valence-corrected chi connectivity index (χ0v) is 22.9. The van der Waals surface area contributed by atoms with E-state index in [2.05, 4.69) is 32.2 Å². The van der Waals surface area contributed by atoms with Gasteiger partial charge in [0, 0.05) is 11.5 Å². The highest BCUT2D eigenvalue weighted by atomic mass is 16.8. The molecule has 38 heavy (non-hydrogen) atoms. The maximum absolute atomic E-state index is 12.9. The summed E-state index contributed by atoms with van der Waals surface area (Å²) >= 11 is 0. The average Bonchev–Trinajstić information content (AvgIpc) is 2.89. The summed E-state index contributed by atoms with van der Waals surface area (Å²) in [6, 6.07) is 15.8. The largest absolute Gasteiger partial charge is 0.511 e. The molecular weight excluding hydrogens is 482 g/mol. The lowest BCUT2D eigenvalue weighted by Crippen LogP contribution is -2.57. The topological polar surface area (TPSA) is 83.1 Å². The molecule has 0 heterocycles. The molecule has 2 aliphatic rings. The Hall–Kier alpha value is -3.22. The van der Waals surface area contributed by atoms with Crippen molar-refractivity contribution in [3.63, 3.8) is 0 Å². The quantitative estimate of drug-likeness (QED) is 0.284. The number of carbonyl (C=O) groups excluding carboxylic acids is 2. The van der Waals surface area contributed by atoms with Crippen LogP contribution >= 0.6 is 0 Å². The molecule has 0 aliphatic heterocycles. The second-order valence-electron chi connectivity index (χ2n) is 11.2. The molecule has 0 spiro atoms. The van der Waals surface area contributed by atoms with Crippen LogP contribution < -0.4 is 10.1 Å². The van der Waals surface area contributed by atoms with Crippen molar-refractivity contribution in [1.29, 1.82) is 0 Å². The first-order chi connectivity index (χ1) is 18.3. The Morgan fingerprint density at radius 2 is 1.84 bits per heavy atom. The van der Waals surface area contributed by atoms with Gasteiger partial charge in [0.2, 0.25) is 6.79 Å². The Morgan fingerprint density at radius 1 is 1.03 bits per heavy atom. The van der Waals surface area contributed by atoms with E-state index in [1.165, 1.54) is 24.0 Å². The molecule has 0 unspecified atom stereocenters. The smallest absolute Gasteiger partial charge is 0.457 e. The molecule has 1 N–H and O–H groups in total. The molecule has 7 heteroatoms. The summed E-state index contributed by atoms with van der Waals surface area (Å²) in [5.74, 6) is 1.42. The van der Waals surface area contributed by atoms with Crippen molar-refractivity contribution in [3.8, 4) is 5.75 Å². The van der Waals surface area contributed by atoms with Crippen molar-refractivity contribution in [2.24, 2.45) is 11.8 Å². The van der Waals surface area contributed by atoms with Crippen LogP contribution in [0.4, 0.5) is 9.59 Å². The van der Waals surface area contributed by atoms with Crippen molar-refractivity contribution >= 4 is 12.2 Å². The fourth-order valence-electron chi connectivity index (χ4n) is 5.81. The molecule has 0 aromatic heterocycles. The van der Waals surface area contributed by atoms with Crippen LogP contribution in [-0.2, 0) is 32.7 Å². The lowest BCUT2D eigenvalue weighted by molar-refractivity contribution is 0.00308. The summed E-state index contributed by atoms with van der Waals surface area (Å²) in [5.41, 5.74) is 3.17. The van der Waals surface area contributed by atoms with Crippen LogP contribution in [0.25, 0.3) is 0 Å². The van der Waals surface area contributed by atoms with E-state index in [1.807, 2.05) is 42.5 Å². The van der Waals surface area contributed by atoms with Gasteiger partial charge in [0.25, 0.3) is 0 Å². The van der Waals surface area contributed by atoms with E-state index in [0.29, 0.717) is 24.2 Å². The lowest BCUT2D eigenvalue weighted by Gasteiger charge is -2.49. The van der Waals surface area contributed by atoms with E-state index >= 15 is 0 Å². The van der Waals surface area contributed by atoms with Gasteiger partial charge in [-0.25, -0.2) is 9.59 Å². The Kier molecular flexibility index (Phi) is 9.53. The standard InChI is InChI=1S/C31H41NO6/c1-22(2)15-17-35-30(34)38-21-37-26-14-13-24-18-25-12-8-5-9-16-31(3,27(24)19-26)28(25)32-29(33)36-20-23-10-6-4-7-11-23/h4,6-7,10-11,13-14,19,22,25,28H,5,8-9,12,15-18,20-21H2,1-3H3,(H,32,33)/t25-,28-,31+/m0/s1. The maximum atomic E-state index is 12.9. The third-order valence-corrected chi connectivity index (χ3v) is 7.91. The molecule has 7 nitrogen and oxygen atoms in total. The monoisotopic (exact) mass is 523 g/mol. The van der Waals surface area contributed by atoms with Crippen LogP contribution in [0.1, 0.15) is 76.0 Å². The summed E-state index contributed by atoms with van der Waals surface area (Å²) < 4.78 is 21.6. The predicted molar refractivity (Wildman–Crippen MR) is 145 cm³/mol. The molecule has 1 amide bonds. The molecule has 2 bridgehead atoms. The van der Waals surface area contributed by atoms with Crippen LogP contribution in [0.5, 0.6) is 5.75 Å². The molecule has 3 atom stereocenters. The minimum absolute atomic E-state index is 0.0407. The third kappa shape index (κ3) is 7.21. The molecule has 1 fully saturated rings. The van der Waals surface area contributed by atoms with Crippen LogP contribution in [0.2, 0.25) is 0 Å². The first-order valence-corrected chi connectivity index (χ1v) is 13.9. The summed E-state index contributed by atoms with van der Waals surface area (Å²) in [5, 5.41) is 3.26. The number of benzene rings is 2. The van der Waals surface area contributed by atoms with Gasteiger partial charge in [-0.05, 0) is 66.3 Å². The van der Waals surface area contributed by atoms with E-state index < -0.39 is 6.16 Å². The number of amides is 1. The second-order valence-corrected chi connectivity index (χ2v) is 11.2. The number of rotatable bonds is 9. The summed E-state index contributed by atoms with van der Waals surface area (Å²) in [6.45, 7) is 6.75. The van der Waals surface area contributed by atoms with E-state index in [9.17, 15) is 9.59 Å². The number of alkyl carbamates (subject to hydrolysis) is 1. The molecule has 2 aromatic carbocycles. The van der Waals surface area contributed by atoms with Crippen molar-refractivity contribution in [2.45, 2.75) is 83.8 Å². The van der Waals surface area contributed by atoms with Gasteiger partial charge in [0.05, 0.1) is 6.61 Å². The molecule has 1 saturated carbocycles. The number of hydrogen-bond donors (Lipinski definition) is 1.